The molecule has 0 unspecified atom stereocenters. The quantitative estimate of drug-likeness (QED) is 0.802. The van der Waals surface area contributed by atoms with E-state index in [0.29, 0.717) is 0 Å². The van der Waals surface area contributed by atoms with Crippen LogP contribution in [-0.4, -0.2) is 10.1 Å². The molecule has 0 atom stereocenters. The van der Waals surface area contributed by atoms with Crippen LogP contribution < -0.4 is 0 Å². The Labute approximate surface area is 93.6 Å². The fraction of sp³-hybridized carbons (Fsp3) is 0.417. The van der Waals surface area contributed by atoms with Crippen molar-refractivity contribution < 1.29 is 5.11 Å². The normalized spacial score (nSPS) is 12.3. The van der Waals surface area contributed by atoms with Crippen LogP contribution >= 0.6 is 11.3 Å². The van der Waals surface area contributed by atoms with Gasteiger partial charge in [0, 0.05) is 11.8 Å². The van der Waals surface area contributed by atoms with Crippen LogP contribution in [0.2, 0.25) is 0 Å². The van der Waals surface area contributed by atoms with E-state index in [9.17, 15) is 5.11 Å². The smallest absolute Gasteiger partial charge is 0.0858 e. The number of nitrogens with zero attached hydrogens (tertiary/aromatic N) is 1. The molecule has 2 aromatic heterocycles. The van der Waals surface area contributed by atoms with E-state index in [2.05, 4.69) is 17.3 Å². The summed E-state index contributed by atoms with van der Waals surface area (Å²) in [5, 5.41) is 12.1. The highest BCUT2D eigenvalue weighted by molar-refractivity contribution is 7.17. The molecule has 0 aliphatic carbocycles. The molecule has 0 saturated heterocycles. The molecule has 1 N–H and O–H groups in total. The van der Waals surface area contributed by atoms with Crippen molar-refractivity contribution in [3.05, 3.63) is 28.3 Å². The minimum absolute atomic E-state index is 0.816. The summed E-state index contributed by atoms with van der Waals surface area (Å²) in [5.41, 5.74) is 3.51. The first-order valence-electron chi connectivity index (χ1n) is 4.97. The van der Waals surface area contributed by atoms with Crippen LogP contribution in [0.15, 0.2) is 11.6 Å². The zero-order valence-electron chi connectivity index (χ0n) is 9.46. The molecule has 0 bridgehead atoms. The lowest BCUT2D eigenvalue weighted by atomic mass is 9.95. The standard InChI is InChI=1S/C12H15NOS/c1-7-6-15-11-8(2)9(12(3,4)14)5-13-10(7)11/h5-6,14H,1-4H3. The zero-order valence-corrected chi connectivity index (χ0v) is 10.3. The average Bonchev–Trinajstić information content (AvgIpc) is 2.47. The number of thiophene rings is 1. The highest BCUT2D eigenvalue weighted by Gasteiger charge is 2.21. The van der Waals surface area contributed by atoms with Crippen LogP contribution in [-0.2, 0) is 5.60 Å². The number of aryl methyl sites for hydroxylation is 2. The van der Waals surface area contributed by atoms with Gasteiger partial charge in [-0.1, -0.05) is 0 Å². The van der Waals surface area contributed by atoms with Crippen molar-refractivity contribution in [2.75, 3.05) is 0 Å². The maximum absolute atomic E-state index is 10.0. The Morgan fingerprint density at radius 2 is 2.00 bits per heavy atom. The monoisotopic (exact) mass is 221 g/mol. The zero-order chi connectivity index (χ0) is 11.2. The van der Waals surface area contributed by atoms with E-state index in [1.54, 1.807) is 31.4 Å². The molecule has 2 aromatic rings. The van der Waals surface area contributed by atoms with Crippen LogP contribution in [0.25, 0.3) is 10.2 Å². The minimum Gasteiger partial charge on any atom is -0.386 e. The van der Waals surface area contributed by atoms with Crippen molar-refractivity contribution in [2.24, 2.45) is 0 Å². The topological polar surface area (TPSA) is 33.1 Å². The first-order chi connectivity index (χ1) is 6.91. The van der Waals surface area contributed by atoms with Gasteiger partial charge in [0.2, 0.25) is 0 Å². The number of aromatic nitrogens is 1. The summed E-state index contributed by atoms with van der Waals surface area (Å²) in [4.78, 5) is 4.42. The molecule has 0 radical (unpaired) electrons. The third kappa shape index (κ3) is 1.66. The summed E-state index contributed by atoms with van der Waals surface area (Å²) in [6, 6.07) is 0. The lowest BCUT2D eigenvalue weighted by Crippen LogP contribution is -2.17. The molecule has 0 aromatic carbocycles. The van der Waals surface area contributed by atoms with Gasteiger partial charge in [0.05, 0.1) is 15.8 Å². The number of hydrogen-bond donors (Lipinski definition) is 1. The Morgan fingerprint density at radius 3 is 2.60 bits per heavy atom. The Kier molecular flexibility index (Phi) is 2.32. The highest BCUT2D eigenvalue weighted by Crippen LogP contribution is 2.32. The van der Waals surface area contributed by atoms with Gasteiger partial charge in [-0.15, -0.1) is 11.3 Å². The van der Waals surface area contributed by atoms with Crippen LogP contribution in [0.5, 0.6) is 0 Å². The third-order valence-electron chi connectivity index (χ3n) is 2.67. The molecule has 2 heterocycles. The summed E-state index contributed by atoms with van der Waals surface area (Å²) in [6.45, 7) is 7.70. The van der Waals surface area contributed by atoms with Crippen molar-refractivity contribution in [2.45, 2.75) is 33.3 Å². The molecule has 15 heavy (non-hydrogen) atoms. The van der Waals surface area contributed by atoms with Gasteiger partial charge in [0.25, 0.3) is 0 Å². The van der Waals surface area contributed by atoms with E-state index in [1.165, 1.54) is 10.3 Å². The first-order valence-corrected chi connectivity index (χ1v) is 5.85. The SMILES string of the molecule is Cc1csc2c(C)c(C(C)(C)O)cnc12. The Bertz CT molecular complexity index is 508. The van der Waals surface area contributed by atoms with Crippen molar-refractivity contribution in [3.63, 3.8) is 0 Å². The van der Waals surface area contributed by atoms with E-state index in [0.717, 1.165) is 16.6 Å². The van der Waals surface area contributed by atoms with Gasteiger partial charge in [-0.05, 0) is 44.2 Å². The molecule has 0 aliphatic heterocycles. The summed E-state index contributed by atoms with van der Waals surface area (Å²) >= 11 is 1.70. The highest BCUT2D eigenvalue weighted by atomic mass is 32.1. The number of hydrogen-bond acceptors (Lipinski definition) is 3. The maximum atomic E-state index is 10.0. The lowest BCUT2D eigenvalue weighted by molar-refractivity contribution is 0.0778. The van der Waals surface area contributed by atoms with E-state index in [1.807, 2.05) is 6.92 Å². The Balaban J connectivity index is 2.77. The van der Waals surface area contributed by atoms with Gasteiger partial charge in [-0.2, -0.15) is 0 Å². The lowest BCUT2D eigenvalue weighted by Gasteiger charge is -2.20. The predicted octanol–water partition coefficient (Wildman–Crippen LogP) is 3.14. The van der Waals surface area contributed by atoms with Crippen molar-refractivity contribution in [1.82, 2.24) is 4.98 Å². The van der Waals surface area contributed by atoms with Gasteiger partial charge in [0.15, 0.2) is 0 Å². The molecule has 0 aliphatic rings. The molecule has 0 saturated carbocycles. The predicted molar refractivity (Wildman–Crippen MR) is 64.3 cm³/mol. The fourth-order valence-corrected chi connectivity index (χ4v) is 2.85. The maximum Gasteiger partial charge on any atom is 0.0858 e. The number of fused-ring (bicyclic) bond motifs is 1. The van der Waals surface area contributed by atoms with Crippen LogP contribution in [0.4, 0.5) is 0 Å². The molecule has 2 nitrogen and oxygen atoms in total. The van der Waals surface area contributed by atoms with Gasteiger partial charge >= 0.3 is 0 Å². The van der Waals surface area contributed by atoms with Crippen molar-refractivity contribution in [3.8, 4) is 0 Å². The summed E-state index contributed by atoms with van der Waals surface area (Å²) in [7, 11) is 0. The summed E-state index contributed by atoms with van der Waals surface area (Å²) in [6.07, 6.45) is 1.79. The van der Waals surface area contributed by atoms with Crippen LogP contribution in [0.1, 0.15) is 30.5 Å². The summed E-state index contributed by atoms with van der Waals surface area (Å²) < 4.78 is 1.19. The fourth-order valence-electron chi connectivity index (χ4n) is 1.83. The van der Waals surface area contributed by atoms with Crippen LogP contribution in [0.3, 0.4) is 0 Å². The van der Waals surface area contributed by atoms with Gasteiger partial charge in [0.1, 0.15) is 0 Å². The van der Waals surface area contributed by atoms with E-state index >= 15 is 0 Å². The molecule has 0 amide bonds. The first kappa shape index (κ1) is 10.6. The van der Waals surface area contributed by atoms with E-state index in [4.69, 9.17) is 0 Å². The van der Waals surface area contributed by atoms with E-state index < -0.39 is 5.60 Å². The van der Waals surface area contributed by atoms with Gasteiger partial charge < -0.3 is 5.11 Å². The van der Waals surface area contributed by atoms with Crippen LogP contribution in [0, 0.1) is 13.8 Å². The minimum atomic E-state index is -0.816. The average molecular weight is 221 g/mol. The molecule has 0 fully saturated rings. The second kappa shape index (κ2) is 3.29. The van der Waals surface area contributed by atoms with Crippen molar-refractivity contribution in [1.29, 1.82) is 0 Å². The molecule has 80 valence electrons. The van der Waals surface area contributed by atoms with E-state index in [-0.39, 0.29) is 0 Å². The molecule has 0 spiro atoms. The largest absolute Gasteiger partial charge is 0.386 e. The molecule has 3 heteroatoms. The second-order valence-electron chi connectivity index (χ2n) is 4.45. The second-order valence-corrected chi connectivity index (χ2v) is 5.33. The molecular formula is C12H15NOS. The summed E-state index contributed by atoms with van der Waals surface area (Å²) in [5.74, 6) is 0. The Hall–Kier alpha value is -0.930. The van der Waals surface area contributed by atoms with Crippen molar-refractivity contribution >= 4 is 21.6 Å². The molecular weight excluding hydrogens is 206 g/mol. The number of rotatable bonds is 1. The third-order valence-corrected chi connectivity index (χ3v) is 3.88. The Morgan fingerprint density at radius 1 is 1.33 bits per heavy atom. The molecule has 2 rings (SSSR count). The number of aliphatic hydroxyl groups is 1. The van der Waals surface area contributed by atoms with Gasteiger partial charge in [-0.25, -0.2) is 0 Å². The van der Waals surface area contributed by atoms with Gasteiger partial charge in [-0.3, -0.25) is 4.98 Å². The number of pyridine rings is 1.